The van der Waals surface area contributed by atoms with Crippen molar-refractivity contribution < 1.29 is 4.74 Å². The van der Waals surface area contributed by atoms with E-state index in [1.165, 1.54) is 0 Å². The molecule has 0 amide bonds. The van der Waals surface area contributed by atoms with Crippen molar-refractivity contribution in [3.8, 4) is 11.6 Å². The van der Waals surface area contributed by atoms with Gasteiger partial charge in [0.1, 0.15) is 17.4 Å². The van der Waals surface area contributed by atoms with Crippen molar-refractivity contribution in [2.24, 2.45) is 5.84 Å². The van der Waals surface area contributed by atoms with Crippen molar-refractivity contribution in [2.75, 3.05) is 5.43 Å². The number of benzene rings is 1. The van der Waals surface area contributed by atoms with Crippen LogP contribution in [0.1, 0.15) is 31.2 Å². The summed E-state index contributed by atoms with van der Waals surface area (Å²) in [6.45, 7) is 5.95. The number of aromatic nitrogens is 2. The minimum Gasteiger partial charge on any atom is -0.439 e. The van der Waals surface area contributed by atoms with Gasteiger partial charge in [-0.25, -0.2) is 10.8 Å². The molecule has 6 heteroatoms. The Morgan fingerprint density at radius 1 is 1.25 bits per heavy atom. The van der Waals surface area contributed by atoms with E-state index < -0.39 is 0 Å². The quantitative estimate of drug-likeness (QED) is 0.665. The van der Waals surface area contributed by atoms with Gasteiger partial charge >= 0.3 is 0 Å². The summed E-state index contributed by atoms with van der Waals surface area (Å²) < 4.78 is 5.79. The fraction of sp³-hybridized carbons (Fsp3) is 0.286. The zero-order valence-electron chi connectivity index (χ0n) is 11.6. The van der Waals surface area contributed by atoms with Crippen LogP contribution in [0, 0.1) is 6.92 Å². The number of hydrazine groups is 1. The number of nitrogens with two attached hydrogens (primary N) is 1. The molecule has 0 aliphatic rings. The third-order valence-corrected chi connectivity index (χ3v) is 2.98. The minimum absolute atomic E-state index is 0.172. The molecule has 0 aliphatic heterocycles. The van der Waals surface area contributed by atoms with Crippen molar-refractivity contribution >= 4 is 17.4 Å². The molecule has 0 atom stereocenters. The van der Waals surface area contributed by atoms with Gasteiger partial charge in [-0.05, 0) is 24.6 Å². The number of anilines is 1. The molecule has 3 N–H and O–H groups in total. The molecule has 1 aromatic carbocycles. The van der Waals surface area contributed by atoms with Crippen LogP contribution in [0.4, 0.5) is 5.82 Å². The average molecular weight is 293 g/mol. The zero-order chi connectivity index (χ0) is 14.7. The molecule has 2 rings (SSSR count). The molecule has 2 aromatic rings. The Morgan fingerprint density at radius 2 is 2.00 bits per heavy atom. The van der Waals surface area contributed by atoms with Crippen LogP contribution in [0.3, 0.4) is 0 Å². The van der Waals surface area contributed by atoms with Gasteiger partial charge in [-0.15, -0.1) is 0 Å². The summed E-state index contributed by atoms with van der Waals surface area (Å²) in [5.41, 5.74) is 3.49. The van der Waals surface area contributed by atoms with Crippen LogP contribution < -0.4 is 16.0 Å². The first-order valence-corrected chi connectivity index (χ1v) is 6.67. The van der Waals surface area contributed by atoms with Crippen molar-refractivity contribution in [1.82, 2.24) is 9.97 Å². The molecule has 106 valence electrons. The van der Waals surface area contributed by atoms with Crippen LogP contribution in [-0.4, -0.2) is 9.97 Å². The lowest BCUT2D eigenvalue weighted by molar-refractivity contribution is 0.454. The summed E-state index contributed by atoms with van der Waals surface area (Å²) in [7, 11) is 0. The molecule has 0 unspecified atom stereocenters. The van der Waals surface area contributed by atoms with E-state index in [0.717, 1.165) is 5.56 Å². The van der Waals surface area contributed by atoms with Crippen molar-refractivity contribution in [1.29, 1.82) is 0 Å². The number of nitrogens with one attached hydrogen (secondary N) is 1. The smallest absolute Gasteiger partial charge is 0.224 e. The monoisotopic (exact) mass is 292 g/mol. The maximum atomic E-state index is 5.98. The van der Waals surface area contributed by atoms with Gasteiger partial charge in [-0.1, -0.05) is 31.5 Å². The molecule has 0 fully saturated rings. The number of aryl methyl sites for hydroxylation is 1. The number of rotatable bonds is 4. The Bertz CT molecular complexity index is 616. The fourth-order valence-corrected chi connectivity index (χ4v) is 1.79. The van der Waals surface area contributed by atoms with Gasteiger partial charge < -0.3 is 10.2 Å². The normalized spacial score (nSPS) is 10.7. The van der Waals surface area contributed by atoms with Crippen LogP contribution in [0.15, 0.2) is 24.3 Å². The Kier molecular flexibility index (Phi) is 4.42. The van der Waals surface area contributed by atoms with Gasteiger partial charge in [0.15, 0.2) is 0 Å². The highest BCUT2D eigenvalue weighted by Crippen LogP contribution is 2.28. The second kappa shape index (κ2) is 6.07. The standard InChI is InChI=1S/C14H17ClN4O/c1-8(2)14-17-12(19-16)7-13(18-14)20-11-6-10(15)5-4-9(11)3/h4-8H,16H2,1-3H3,(H,17,18,19). The van der Waals surface area contributed by atoms with Crippen LogP contribution in [0.5, 0.6) is 11.6 Å². The number of halogens is 1. The first-order chi connectivity index (χ1) is 9.49. The highest BCUT2D eigenvalue weighted by Gasteiger charge is 2.10. The average Bonchev–Trinajstić information content (AvgIpc) is 2.42. The fourth-order valence-electron chi connectivity index (χ4n) is 1.62. The molecular weight excluding hydrogens is 276 g/mol. The summed E-state index contributed by atoms with van der Waals surface area (Å²) in [5.74, 6) is 7.86. The lowest BCUT2D eigenvalue weighted by Gasteiger charge is -2.12. The summed E-state index contributed by atoms with van der Waals surface area (Å²) in [4.78, 5) is 8.65. The summed E-state index contributed by atoms with van der Waals surface area (Å²) >= 11 is 5.98. The first kappa shape index (κ1) is 14.6. The molecule has 0 spiro atoms. The minimum atomic E-state index is 0.172. The SMILES string of the molecule is Cc1ccc(Cl)cc1Oc1cc(NN)nc(C(C)C)n1. The summed E-state index contributed by atoms with van der Waals surface area (Å²) in [6, 6.07) is 7.11. The van der Waals surface area contributed by atoms with Crippen LogP contribution >= 0.6 is 11.6 Å². The Labute approximate surface area is 123 Å². The number of nitrogen functional groups attached to an aromatic ring is 1. The van der Waals surface area contributed by atoms with E-state index in [9.17, 15) is 0 Å². The summed E-state index contributed by atoms with van der Waals surface area (Å²) in [6.07, 6.45) is 0. The molecule has 5 nitrogen and oxygen atoms in total. The molecule has 1 aromatic heterocycles. The van der Waals surface area contributed by atoms with E-state index in [0.29, 0.717) is 28.3 Å². The zero-order valence-corrected chi connectivity index (χ0v) is 12.4. The van der Waals surface area contributed by atoms with Gasteiger partial charge in [0.2, 0.25) is 5.88 Å². The number of hydrogen-bond donors (Lipinski definition) is 2. The highest BCUT2D eigenvalue weighted by atomic mass is 35.5. The lowest BCUT2D eigenvalue weighted by Crippen LogP contribution is -2.11. The molecule has 0 saturated heterocycles. The number of ether oxygens (including phenoxy) is 1. The Morgan fingerprint density at radius 3 is 2.65 bits per heavy atom. The second-order valence-electron chi connectivity index (χ2n) is 4.76. The largest absolute Gasteiger partial charge is 0.439 e. The van der Waals surface area contributed by atoms with Gasteiger partial charge in [0, 0.05) is 17.0 Å². The predicted molar refractivity (Wildman–Crippen MR) is 80.2 cm³/mol. The van der Waals surface area contributed by atoms with Gasteiger partial charge in [0.25, 0.3) is 0 Å². The Hall–Kier alpha value is -1.85. The maximum absolute atomic E-state index is 5.98. The number of nitrogens with zero attached hydrogens (tertiary/aromatic N) is 2. The third kappa shape index (κ3) is 3.37. The van der Waals surface area contributed by atoms with E-state index in [-0.39, 0.29) is 5.92 Å². The maximum Gasteiger partial charge on any atom is 0.224 e. The first-order valence-electron chi connectivity index (χ1n) is 6.29. The van der Waals surface area contributed by atoms with Crippen molar-refractivity contribution in [2.45, 2.75) is 26.7 Å². The molecule has 20 heavy (non-hydrogen) atoms. The van der Waals surface area contributed by atoms with Crippen molar-refractivity contribution in [3.63, 3.8) is 0 Å². The van der Waals surface area contributed by atoms with E-state index in [4.69, 9.17) is 22.2 Å². The predicted octanol–water partition coefficient (Wildman–Crippen LogP) is 3.64. The third-order valence-electron chi connectivity index (χ3n) is 2.75. The van der Waals surface area contributed by atoms with Crippen LogP contribution in [0.2, 0.25) is 5.02 Å². The topological polar surface area (TPSA) is 73.1 Å². The molecule has 0 bridgehead atoms. The van der Waals surface area contributed by atoms with E-state index >= 15 is 0 Å². The molecular formula is C14H17ClN4O. The van der Waals surface area contributed by atoms with E-state index in [1.54, 1.807) is 12.1 Å². The molecule has 1 heterocycles. The molecule has 0 saturated carbocycles. The lowest BCUT2D eigenvalue weighted by atomic mass is 10.2. The van der Waals surface area contributed by atoms with E-state index in [2.05, 4.69) is 15.4 Å². The summed E-state index contributed by atoms with van der Waals surface area (Å²) in [5, 5.41) is 0.612. The molecule has 0 radical (unpaired) electrons. The van der Waals surface area contributed by atoms with Gasteiger partial charge in [-0.3, -0.25) is 0 Å². The van der Waals surface area contributed by atoms with Crippen LogP contribution in [-0.2, 0) is 0 Å². The van der Waals surface area contributed by atoms with Gasteiger partial charge in [0.05, 0.1) is 0 Å². The van der Waals surface area contributed by atoms with Gasteiger partial charge in [-0.2, -0.15) is 4.98 Å². The molecule has 0 aliphatic carbocycles. The van der Waals surface area contributed by atoms with E-state index in [1.807, 2.05) is 32.9 Å². The van der Waals surface area contributed by atoms with Crippen LogP contribution in [0.25, 0.3) is 0 Å². The van der Waals surface area contributed by atoms with Crippen molar-refractivity contribution in [3.05, 3.63) is 40.7 Å². The Balaban J connectivity index is 2.37. The highest BCUT2D eigenvalue weighted by molar-refractivity contribution is 6.30. The second-order valence-corrected chi connectivity index (χ2v) is 5.20. The number of hydrogen-bond acceptors (Lipinski definition) is 5.